The number of rotatable bonds is 4. The Morgan fingerprint density at radius 1 is 1.16 bits per heavy atom. The van der Waals surface area contributed by atoms with Crippen LogP contribution in [0.3, 0.4) is 0 Å². The van der Waals surface area contributed by atoms with Gasteiger partial charge in [0.05, 0.1) is 0 Å². The summed E-state index contributed by atoms with van der Waals surface area (Å²) < 4.78 is 0. The van der Waals surface area contributed by atoms with Crippen molar-refractivity contribution in [2.75, 3.05) is 0 Å². The lowest BCUT2D eigenvalue weighted by Crippen LogP contribution is -2.18. The Kier molecular flexibility index (Phi) is 5.17. The van der Waals surface area contributed by atoms with Gasteiger partial charge in [0.2, 0.25) is 0 Å². The molecule has 1 nitrogen and oxygen atoms in total. The number of benzene rings is 2. The standard InChI is InChI=1S/C15H15Cl2NS/c1-10(18)8-13-14(17)6-3-7-15(13)19-12-5-2-4-11(16)9-12/h2-7,9-10H,8,18H2,1H3. The van der Waals surface area contributed by atoms with Crippen LogP contribution in [-0.2, 0) is 6.42 Å². The predicted molar refractivity (Wildman–Crippen MR) is 84.4 cm³/mol. The monoisotopic (exact) mass is 311 g/mol. The molecule has 0 saturated heterocycles. The van der Waals surface area contributed by atoms with E-state index >= 15 is 0 Å². The second-order valence-electron chi connectivity index (χ2n) is 4.46. The third-order valence-electron chi connectivity index (χ3n) is 2.63. The quantitative estimate of drug-likeness (QED) is 0.856. The van der Waals surface area contributed by atoms with Crippen LogP contribution >= 0.6 is 35.0 Å². The van der Waals surface area contributed by atoms with Crippen LogP contribution < -0.4 is 5.73 Å². The molecular formula is C15H15Cl2NS. The van der Waals surface area contributed by atoms with Crippen LogP contribution in [0.1, 0.15) is 12.5 Å². The molecule has 0 fully saturated rings. The van der Waals surface area contributed by atoms with Crippen molar-refractivity contribution in [3.05, 3.63) is 58.1 Å². The Labute approximate surface area is 128 Å². The first-order valence-electron chi connectivity index (χ1n) is 6.02. The third-order valence-corrected chi connectivity index (χ3v) is 4.31. The minimum Gasteiger partial charge on any atom is -0.328 e. The largest absolute Gasteiger partial charge is 0.328 e. The van der Waals surface area contributed by atoms with Gasteiger partial charge < -0.3 is 5.73 Å². The van der Waals surface area contributed by atoms with Gasteiger partial charge in [0.1, 0.15) is 0 Å². The number of halogens is 2. The topological polar surface area (TPSA) is 26.0 Å². The Bertz CT molecular complexity index is 570. The smallest absolute Gasteiger partial charge is 0.0449 e. The summed E-state index contributed by atoms with van der Waals surface area (Å²) in [6.45, 7) is 1.98. The van der Waals surface area contributed by atoms with Gasteiger partial charge >= 0.3 is 0 Å². The van der Waals surface area contributed by atoms with Crippen molar-refractivity contribution in [2.24, 2.45) is 5.73 Å². The highest BCUT2D eigenvalue weighted by Crippen LogP contribution is 2.35. The van der Waals surface area contributed by atoms with E-state index in [-0.39, 0.29) is 6.04 Å². The van der Waals surface area contributed by atoms with Crippen molar-refractivity contribution < 1.29 is 0 Å². The van der Waals surface area contributed by atoms with E-state index in [2.05, 4.69) is 6.07 Å². The molecule has 0 saturated carbocycles. The summed E-state index contributed by atoms with van der Waals surface area (Å²) in [5.41, 5.74) is 6.99. The van der Waals surface area contributed by atoms with E-state index < -0.39 is 0 Å². The SMILES string of the molecule is CC(N)Cc1c(Cl)cccc1Sc1cccc(Cl)c1. The molecule has 2 N–H and O–H groups in total. The van der Waals surface area contributed by atoms with Gasteiger partial charge in [-0.1, -0.05) is 47.1 Å². The van der Waals surface area contributed by atoms with Crippen molar-refractivity contribution >= 4 is 35.0 Å². The van der Waals surface area contributed by atoms with Gasteiger partial charge in [-0.05, 0) is 49.2 Å². The second kappa shape index (κ2) is 6.67. The first-order valence-corrected chi connectivity index (χ1v) is 7.60. The number of hydrogen-bond donors (Lipinski definition) is 1. The average Bonchev–Trinajstić information content (AvgIpc) is 2.33. The molecule has 2 aromatic carbocycles. The minimum absolute atomic E-state index is 0.0820. The van der Waals surface area contributed by atoms with Crippen LogP contribution in [0.15, 0.2) is 52.3 Å². The van der Waals surface area contributed by atoms with Crippen molar-refractivity contribution in [1.82, 2.24) is 0 Å². The van der Waals surface area contributed by atoms with Gasteiger partial charge in [0.25, 0.3) is 0 Å². The van der Waals surface area contributed by atoms with E-state index in [9.17, 15) is 0 Å². The summed E-state index contributed by atoms with van der Waals surface area (Å²) in [6.07, 6.45) is 0.766. The predicted octanol–water partition coefficient (Wildman–Crippen LogP) is 5.03. The first-order chi connectivity index (χ1) is 9.06. The molecule has 2 rings (SSSR count). The maximum absolute atomic E-state index is 6.28. The molecule has 100 valence electrons. The van der Waals surface area contributed by atoms with Crippen LogP contribution in [-0.4, -0.2) is 6.04 Å². The van der Waals surface area contributed by atoms with Crippen LogP contribution in [0, 0.1) is 0 Å². The molecule has 0 heterocycles. The first kappa shape index (κ1) is 14.7. The highest BCUT2D eigenvalue weighted by molar-refractivity contribution is 7.99. The highest BCUT2D eigenvalue weighted by atomic mass is 35.5. The molecule has 19 heavy (non-hydrogen) atoms. The molecule has 4 heteroatoms. The Balaban J connectivity index is 2.31. The Morgan fingerprint density at radius 2 is 1.89 bits per heavy atom. The number of hydrogen-bond acceptors (Lipinski definition) is 2. The molecule has 1 unspecified atom stereocenters. The molecule has 2 aromatic rings. The van der Waals surface area contributed by atoms with Gasteiger partial charge in [-0.2, -0.15) is 0 Å². The molecule has 0 aliphatic carbocycles. The minimum atomic E-state index is 0.0820. The van der Waals surface area contributed by atoms with Crippen LogP contribution in [0.2, 0.25) is 10.0 Å². The zero-order chi connectivity index (χ0) is 13.8. The normalized spacial score (nSPS) is 12.4. The fraction of sp³-hybridized carbons (Fsp3) is 0.200. The van der Waals surface area contributed by atoms with Gasteiger partial charge in [-0.3, -0.25) is 0 Å². The van der Waals surface area contributed by atoms with E-state index in [1.165, 1.54) is 0 Å². The lowest BCUT2D eigenvalue weighted by molar-refractivity contribution is 0.729. The summed E-state index contributed by atoms with van der Waals surface area (Å²) in [6, 6.07) is 13.8. The highest BCUT2D eigenvalue weighted by Gasteiger charge is 2.10. The van der Waals surface area contributed by atoms with E-state index in [1.54, 1.807) is 11.8 Å². The van der Waals surface area contributed by atoms with Crippen molar-refractivity contribution in [3.63, 3.8) is 0 Å². The van der Waals surface area contributed by atoms with Crippen LogP contribution in [0.5, 0.6) is 0 Å². The fourth-order valence-corrected chi connectivity index (χ4v) is 3.42. The number of nitrogens with two attached hydrogens (primary N) is 1. The lowest BCUT2D eigenvalue weighted by Gasteiger charge is -2.13. The lowest BCUT2D eigenvalue weighted by atomic mass is 10.1. The molecule has 0 aliphatic rings. The third kappa shape index (κ3) is 4.15. The van der Waals surface area contributed by atoms with Crippen molar-refractivity contribution in [1.29, 1.82) is 0 Å². The molecule has 0 spiro atoms. The molecule has 0 aliphatic heterocycles. The van der Waals surface area contributed by atoms with E-state index in [0.29, 0.717) is 0 Å². The summed E-state index contributed by atoms with van der Waals surface area (Å²) >= 11 is 13.9. The van der Waals surface area contributed by atoms with E-state index in [0.717, 1.165) is 31.8 Å². The van der Waals surface area contributed by atoms with Crippen molar-refractivity contribution in [2.45, 2.75) is 29.2 Å². The molecule has 0 radical (unpaired) electrons. The van der Waals surface area contributed by atoms with Gasteiger partial charge in [0.15, 0.2) is 0 Å². The van der Waals surface area contributed by atoms with Gasteiger partial charge in [0, 0.05) is 25.9 Å². The summed E-state index contributed by atoms with van der Waals surface area (Å²) in [7, 11) is 0. The molecular weight excluding hydrogens is 297 g/mol. The second-order valence-corrected chi connectivity index (χ2v) is 6.42. The Hall–Kier alpha value is -0.670. The van der Waals surface area contributed by atoms with Crippen LogP contribution in [0.25, 0.3) is 0 Å². The molecule has 0 bridgehead atoms. The molecule has 0 aromatic heterocycles. The van der Waals surface area contributed by atoms with Crippen LogP contribution in [0.4, 0.5) is 0 Å². The zero-order valence-corrected chi connectivity index (χ0v) is 12.9. The fourth-order valence-electron chi connectivity index (χ4n) is 1.81. The average molecular weight is 312 g/mol. The maximum atomic E-state index is 6.28. The molecule has 0 amide bonds. The Morgan fingerprint density at radius 3 is 2.58 bits per heavy atom. The summed E-state index contributed by atoms with van der Waals surface area (Å²) in [5, 5.41) is 1.50. The zero-order valence-electron chi connectivity index (χ0n) is 10.6. The summed E-state index contributed by atoms with van der Waals surface area (Å²) in [4.78, 5) is 2.23. The summed E-state index contributed by atoms with van der Waals surface area (Å²) in [5.74, 6) is 0. The van der Waals surface area contributed by atoms with E-state index in [1.807, 2.05) is 43.3 Å². The van der Waals surface area contributed by atoms with E-state index in [4.69, 9.17) is 28.9 Å². The maximum Gasteiger partial charge on any atom is 0.0449 e. The van der Waals surface area contributed by atoms with Gasteiger partial charge in [-0.25, -0.2) is 0 Å². The van der Waals surface area contributed by atoms with Crippen molar-refractivity contribution in [3.8, 4) is 0 Å². The molecule has 1 atom stereocenters. The van der Waals surface area contributed by atoms with Gasteiger partial charge in [-0.15, -0.1) is 0 Å².